The highest BCUT2D eigenvalue weighted by Gasteiger charge is 2.10. The fraction of sp³-hybridized carbons (Fsp3) is 0.348. The molecule has 1 atom stereocenters. The van der Waals surface area contributed by atoms with Crippen LogP contribution >= 0.6 is 0 Å². The molecule has 0 bridgehead atoms. The predicted octanol–water partition coefficient (Wildman–Crippen LogP) is 3.17. The van der Waals surface area contributed by atoms with Crippen LogP contribution in [0.15, 0.2) is 66.3 Å². The number of carbonyl (C=O) groups excluding carboxylic acids is 2. The van der Waals surface area contributed by atoms with Crippen LogP contribution in [0.2, 0.25) is 0 Å². The summed E-state index contributed by atoms with van der Waals surface area (Å²) in [6.07, 6.45) is 0.942. The average molecular weight is 434 g/mol. The normalized spacial score (nSPS) is 11.4. The molecule has 0 aliphatic rings. The van der Waals surface area contributed by atoms with Crippen LogP contribution in [-0.2, 0) is 35.2 Å². The number of aliphatic hydroxyl groups is 1. The first-order valence-corrected chi connectivity index (χ1v) is 9.46. The lowest BCUT2D eigenvalue weighted by Crippen LogP contribution is -2.18. The Kier molecular flexibility index (Phi) is 14.0. The van der Waals surface area contributed by atoms with Gasteiger partial charge in [0.1, 0.15) is 6.61 Å². The third kappa shape index (κ3) is 13.6. The minimum absolute atomic E-state index is 0.0838. The molecule has 0 aromatic heterocycles. The van der Waals surface area contributed by atoms with Crippen molar-refractivity contribution in [3.63, 3.8) is 0 Å². The van der Waals surface area contributed by atoms with Crippen LogP contribution in [0, 0.1) is 0 Å². The number of aliphatic hydroxyl groups excluding tert-OH is 1. The summed E-state index contributed by atoms with van der Waals surface area (Å²) in [7, 11) is 0. The Hall–Kier alpha value is -3.23. The minimum Gasteiger partial charge on any atom is -0.478 e. The summed E-state index contributed by atoms with van der Waals surface area (Å²) in [6.45, 7) is 11.7. The van der Waals surface area contributed by atoms with Crippen molar-refractivity contribution in [3.05, 3.63) is 71.8 Å². The Morgan fingerprint density at radius 2 is 1.71 bits per heavy atom. The third-order valence-electron chi connectivity index (χ3n) is 3.55. The topological polar surface area (TPSA) is 119 Å². The van der Waals surface area contributed by atoms with Crippen molar-refractivity contribution in [2.75, 3.05) is 13.2 Å². The minimum atomic E-state index is -1.04. The molecule has 0 saturated carbocycles. The Bertz CT molecular complexity index is 780. The fourth-order valence-electron chi connectivity index (χ4n) is 1.76. The fourth-order valence-corrected chi connectivity index (χ4v) is 1.76. The maximum absolute atomic E-state index is 11.2. The van der Waals surface area contributed by atoms with Gasteiger partial charge in [0.15, 0.2) is 0 Å². The summed E-state index contributed by atoms with van der Waals surface area (Å²) in [5.41, 5.74) is 1.71. The number of ether oxygens (including phenoxy) is 3. The van der Waals surface area contributed by atoms with Gasteiger partial charge >= 0.3 is 17.9 Å². The van der Waals surface area contributed by atoms with Gasteiger partial charge in [-0.05, 0) is 32.8 Å². The van der Waals surface area contributed by atoms with Gasteiger partial charge in [-0.2, -0.15) is 0 Å². The zero-order chi connectivity index (χ0) is 23.8. The van der Waals surface area contributed by atoms with Crippen LogP contribution < -0.4 is 0 Å². The summed E-state index contributed by atoms with van der Waals surface area (Å²) < 4.78 is 14.9. The molecule has 1 unspecified atom stereocenters. The highest BCUT2D eigenvalue weighted by molar-refractivity contribution is 5.89. The molecule has 1 aromatic rings. The second-order valence-electron chi connectivity index (χ2n) is 6.41. The van der Waals surface area contributed by atoms with E-state index in [1.807, 2.05) is 30.3 Å². The number of hydrogen-bond acceptors (Lipinski definition) is 7. The lowest BCUT2D eigenvalue weighted by Gasteiger charge is -2.13. The number of carboxylic acid groups (broad SMARTS) is 1. The molecule has 0 fully saturated rings. The lowest BCUT2D eigenvalue weighted by molar-refractivity contribution is -0.172. The number of aliphatic carboxylic acids is 1. The van der Waals surface area contributed by atoms with Crippen molar-refractivity contribution < 1.29 is 38.8 Å². The number of benzene rings is 1. The molecule has 0 aliphatic carbocycles. The van der Waals surface area contributed by atoms with Crippen LogP contribution in [0.3, 0.4) is 0 Å². The first-order valence-electron chi connectivity index (χ1n) is 9.46. The van der Waals surface area contributed by atoms with Crippen molar-refractivity contribution in [1.82, 2.24) is 0 Å². The number of esters is 2. The Morgan fingerprint density at radius 3 is 2.23 bits per heavy atom. The molecule has 170 valence electrons. The van der Waals surface area contributed by atoms with Gasteiger partial charge in [0.25, 0.3) is 0 Å². The van der Waals surface area contributed by atoms with E-state index in [0.717, 1.165) is 5.56 Å². The van der Waals surface area contributed by atoms with Crippen LogP contribution in [0.4, 0.5) is 0 Å². The molecular formula is C23H30O8. The molecule has 8 nitrogen and oxygen atoms in total. The van der Waals surface area contributed by atoms with Gasteiger partial charge in [0.05, 0.1) is 13.2 Å². The molecule has 0 aliphatic heterocycles. The number of allylic oxidation sites excluding steroid dienone is 1. The van der Waals surface area contributed by atoms with Crippen LogP contribution in [0.5, 0.6) is 0 Å². The van der Waals surface area contributed by atoms with E-state index in [1.165, 1.54) is 13.0 Å². The maximum atomic E-state index is 11.2. The molecular weight excluding hydrogens is 404 g/mol. The summed E-state index contributed by atoms with van der Waals surface area (Å²) in [5, 5.41) is 16.9. The van der Waals surface area contributed by atoms with Gasteiger partial charge in [0, 0.05) is 16.7 Å². The molecule has 1 aromatic carbocycles. The van der Waals surface area contributed by atoms with Crippen molar-refractivity contribution in [2.45, 2.75) is 40.1 Å². The van der Waals surface area contributed by atoms with Gasteiger partial charge in [-0.3, -0.25) is 0 Å². The molecule has 0 spiro atoms. The van der Waals surface area contributed by atoms with E-state index < -0.39 is 24.2 Å². The largest absolute Gasteiger partial charge is 0.478 e. The molecule has 1 rings (SSSR count). The van der Waals surface area contributed by atoms with Crippen molar-refractivity contribution >= 4 is 17.9 Å². The van der Waals surface area contributed by atoms with Crippen molar-refractivity contribution in [3.8, 4) is 0 Å². The van der Waals surface area contributed by atoms with E-state index in [1.54, 1.807) is 13.8 Å². The maximum Gasteiger partial charge on any atom is 0.335 e. The molecule has 0 amide bonds. The van der Waals surface area contributed by atoms with Gasteiger partial charge in [-0.15, -0.1) is 0 Å². The van der Waals surface area contributed by atoms with E-state index in [-0.39, 0.29) is 30.8 Å². The summed E-state index contributed by atoms with van der Waals surface area (Å²) in [4.78, 5) is 32.6. The molecule has 31 heavy (non-hydrogen) atoms. The Labute approximate surface area is 182 Å². The molecule has 0 saturated heterocycles. The SMILES string of the molecule is C=C(C)C(=O)OC(C)OCc1ccccc1.C=C(CC=C(C)C(=O)O)C(=O)OCCO. The molecule has 0 radical (unpaired) electrons. The van der Waals surface area contributed by atoms with Crippen LogP contribution in [0.25, 0.3) is 0 Å². The van der Waals surface area contributed by atoms with Gasteiger partial charge < -0.3 is 24.4 Å². The van der Waals surface area contributed by atoms with Gasteiger partial charge in [0.2, 0.25) is 6.29 Å². The first kappa shape index (κ1) is 27.8. The van der Waals surface area contributed by atoms with Crippen molar-refractivity contribution in [2.24, 2.45) is 0 Å². The van der Waals surface area contributed by atoms with Crippen LogP contribution in [0.1, 0.15) is 32.8 Å². The summed E-state index contributed by atoms with van der Waals surface area (Å²) >= 11 is 0. The average Bonchev–Trinajstić information content (AvgIpc) is 2.74. The lowest BCUT2D eigenvalue weighted by atomic mass is 10.1. The predicted molar refractivity (Wildman–Crippen MR) is 115 cm³/mol. The quantitative estimate of drug-likeness (QED) is 0.310. The van der Waals surface area contributed by atoms with Crippen LogP contribution in [-0.4, -0.2) is 47.6 Å². The second-order valence-corrected chi connectivity index (χ2v) is 6.41. The zero-order valence-electron chi connectivity index (χ0n) is 18.1. The van der Waals surface area contributed by atoms with E-state index >= 15 is 0 Å². The van der Waals surface area contributed by atoms with E-state index in [2.05, 4.69) is 17.9 Å². The standard InChI is InChI=1S/C13H16O3.C10H14O5/c1-10(2)13(14)16-11(3)15-9-12-7-5-4-6-8-12;1-7(9(12)13)3-4-8(2)10(14)15-6-5-11/h4-8,11H,1,9H2,2-3H3;3,11H,2,4-6H2,1H3,(H,12,13). The highest BCUT2D eigenvalue weighted by atomic mass is 16.7. The summed E-state index contributed by atoms with van der Waals surface area (Å²) in [5.74, 6) is -2.09. The van der Waals surface area contributed by atoms with Crippen molar-refractivity contribution in [1.29, 1.82) is 0 Å². The van der Waals surface area contributed by atoms with Gasteiger partial charge in [-0.1, -0.05) is 49.6 Å². The van der Waals surface area contributed by atoms with Gasteiger partial charge in [-0.25, -0.2) is 14.4 Å². The number of rotatable bonds is 11. The Balaban J connectivity index is 0.000000582. The highest BCUT2D eigenvalue weighted by Crippen LogP contribution is 2.06. The smallest absolute Gasteiger partial charge is 0.335 e. The van der Waals surface area contributed by atoms with E-state index in [9.17, 15) is 14.4 Å². The van der Waals surface area contributed by atoms with E-state index in [0.29, 0.717) is 12.2 Å². The Morgan fingerprint density at radius 1 is 1.10 bits per heavy atom. The number of carbonyl (C=O) groups is 3. The number of hydrogen-bond donors (Lipinski definition) is 2. The summed E-state index contributed by atoms with van der Waals surface area (Å²) in [6, 6.07) is 9.71. The number of carboxylic acids is 1. The molecule has 8 heteroatoms. The molecule has 2 N–H and O–H groups in total. The third-order valence-corrected chi connectivity index (χ3v) is 3.55. The van der Waals surface area contributed by atoms with E-state index in [4.69, 9.17) is 19.7 Å². The second kappa shape index (κ2) is 15.6. The first-order chi connectivity index (χ1) is 14.6. The monoisotopic (exact) mass is 434 g/mol. The zero-order valence-corrected chi connectivity index (χ0v) is 18.1. The molecule has 0 heterocycles.